The maximum atomic E-state index is 13.3. The Morgan fingerprint density at radius 3 is 2.47 bits per heavy atom. The van der Waals surface area contributed by atoms with Crippen molar-refractivity contribution in [3.05, 3.63) is 69.5 Å². The molecule has 0 bridgehead atoms. The Morgan fingerprint density at radius 2 is 1.78 bits per heavy atom. The van der Waals surface area contributed by atoms with E-state index in [1.807, 2.05) is 26.0 Å². The number of aromatic amines is 1. The number of carbonyl (C=O) groups excluding carboxylic acids is 1. The van der Waals surface area contributed by atoms with Gasteiger partial charge in [-0.05, 0) is 68.1 Å². The summed E-state index contributed by atoms with van der Waals surface area (Å²) in [6.45, 7) is 3.89. The number of fused-ring (bicyclic) bond motifs is 1. The van der Waals surface area contributed by atoms with Crippen molar-refractivity contribution in [2.75, 3.05) is 11.4 Å². The molecular formula is C24H27N3O4S. The lowest BCUT2D eigenvalue weighted by atomic mass is 10.1. The molecule has 32 heavy (non-hydrogen) atoms. The van der Waals surface area contributed by atoms with E-state index in [4.69, 9.17) is 0 Å². The van der Waals surface area contributed by atoms with Gasteiger partial charge in [0.1, 0.15) is 5.56 Å². The minimum atomic E-state index is -3.90. The number of hydrogen-bond donors (Lipinski definition) is 2. The lowest BCUT2D eigenvalue weighted by Gasteiger charge is -2.20. The molecule has 2 aromatic carbocycles. The van der Waals surface area contributed by atoms with Crippen molar-refractivity contribution in [1.29, 1.82) is 0 Å². The quantitative estimate of drug-likeness (QED) is 0.616. The minimum absolute atomic E-state index is 0.00965. The van der Waals surface area contributed by atoms with Crippen LogP contribution < -0.4 is 15.1 Å². The zero-order chi connectivity index (χ0) is 23.0. The Bertz CT molecular complexity index is 1360. The van der Waals surface area contributed by atoms with Crippen LogP contribution in [0.4, 0.5) is 5.69 Å². The fourth-order valence-electron chi connectivity index (χ4n) is 4.08. The molecule has 3 aromatic rings. The van der Waals surface area contributed by atoms with E-state index >= 15 is 0 Å². The molecule has 1 amide bonds. The van der Waals surface area contributed by atoms with Gasteiger partial charge in [0.15, 0.2) is 0 Å². The van der Waals surface area contributed by atoms with E-state index in [0.29, 0.717) is 11.2 Å². The molecule has 7 nitrogen and oxygen atoms in total. The predicted octanol–water partition coefficient (Wildman–Crippen LogP) is 3.64. The van der Waals surface area contributed by atoms with Crippen LogP contribution in [0.25, 0.3) is 10.9 Å². The number of rotatable bonds is 5. The molecule has 1 heterocycles. The van der Waals surface area contributed by atoms with Crippen LogP contribution in [0.2, 0.25) is 0 Å². The van der Waals surface area contributed by atoms with Crippen molar-refractivity contribution in [3.63, 3.8) is 0 Å². The van der Waals surface area contributed by atoms with E-state index in [1.165, 1.54) is 29.7 Å². The first-order valence-corrected chi connectivity index (χ1v) is 12.1. The monoisotopic (exact) mass is 453 g/mol. The molecule has 1 aromatic heterocycles. The van der Waals surface area contributed by atoms with Gasteiger partial charge in [0.25, 0.3) is 15.9 Å². The number of nitrogens with zero attached hydrogens (tertiary/aromatic N) is 1. The first-order valence-electron chi connectivity index (χ1n) is 10.7. The van der Waals surface area contributed by atoms with E-state index in [0.717, 1.165) is 36.8 Å². The zero-order valence-electron chi connectivity index (χ0n) is 18.4. The van der Waals surface area contributed by atoms with Gasteiger partial charge < -0.3 is 10.3 Å². The Kier molecular flexibility index (Phi) is 5.81. The summed E-state index contributed by atoms with van der Waals surface area (Å²) in [6.07, 6.45) is 5.34. The highest BCUT2D eigenvalue weighted by atomic mass is 32.2. The van der Waals surface area contributed by atoms with Crippen molar-refractivity contribution in [2.45, 2.75) is 50.5 Å². The standard InChI is InChI=1S/C24H27N3O4S/c1-15-8-9-18(12-16(15)2)27(3)32(30,31)19-10-11-22-20(13-19)23(28)21(14-25-22)24(29)26-17-6-4-5-7-17/h8-14,17H,4-7H2,1-3H3,(H,25,28)(H,26,29). The Morgan fingerprint density at radius 1 is 1.06 bits per heavy atom. The number of H-pyrrole nitrogens is 1. The van der Waals surface area contributed by atoms with Crippen molar-refractivity contribution >= 4 is 32.5 Å². The first-order chi connectivity index (χ1) is 15.2. The molecule has 4 rings (SSSR count). The van der Waals surface area contributed by atoms with E-state index < -0.39 is 21.4 Å². The molecule has 0 spiro atoms. The van der Waals surface area contributed by atoms with Gasteiger partial charge in [-0.2, -0.15) is 0 Å². The SMILES string of the molecule is Cc1ccc(N(C)S(=O)(=O)c2ccc3[nH]cc(C(=O)NC4CCCC4)c(=O)c3c2)cc1C. The van der Waals surface area contributed by atoms with Gasteiger partial charge in [-0.25, -0.2) is 8.42 Å². The third-order valence-electron chi connectivity index (χ3n) is 6.30. The van der Waals surface area contributed by atoms with Gasteiger partial charge in [0, 0.05) is 30.2 Å². The van der Waals surface area contributed by atoms with E-state index in [2.05, 4.69) is 10.3 Å². The van der Waals surface area contributed by atoms with Crippen LogP contribution in [0.15, 0.2) is 52.3 Å². The van der Waals surface area contributed by atoms with Crippen LogP contribution in [-0.4, -0.2) is 32.4 Å². The van der Waals surface area contributed by atoms with Crippen molar-refractivity contribution in [2.24, 2.45) is 0 Å². The predicted molar refractivity (Wildman–Crippen MR) is 126 cm³/mol. The fourth-order valence-corrected chi connectivity index (χ4v) is 5.29. The number of amides is 1. The average molecular weight is 454 g/mol. The molecule has 0 aliphatic heterocycles. The normalized spacial score (nSPS) is 14.6. The molecule has 1 aliphatic rings. The summed E-state index contributed by atoms with van der Waals surface area (Å²) in [5.74, 6) is -0.430. The fraction of sp³-hybridized carbons (Fsp3) is 0.333. The maximum Gasteiger partial charge on any atom is 0.264 e. The van der Waals surface area contributed by atoms with Gasteiger partial charge in [0.05, 0.1) is 10.6 Å². The Labute approximate surface area is 187 Å². The molecule has 0 radical (unpaired) electrons. The molecule has 8 heteroatoms. The molecule has 1 aliphatic carbocycles. The highest BCUT2D eigenvalue weighted by Gasteiger charge is 2.24. The number of aryl methyl sites for hydroxylation is 2. The van der Waals surface area contributed by atoms with Crippen molar-refractivity contribution in [1.82, 2.24) is 10.3 Å². The van der Waals surface area contributed by atoms with Gasteiger partial charge >= 0.3 is 0 Å². The summed E-state index contributed by atoms with van der Waals surface area (Å²) in [7, 11) is -2.42. The largest absolute Gasteiger partial charge is 0.360 e. The maximum absolute atomic E-state index is 13.3. The summed E-state index contributed by atoms with van der Waals surface area (Å²) in [5.41, 5.74) is 2.56. The smallest absolute Gasteiger partial charge is 0.264 e. The number of anilines is 1. The van der Waals surface area contributed by atoms with Crippen LogP contribution in [0.3, 0.4) is 0 Å². The highest BCUT2D eigenvalue weighted by Crippen LogP contribution is 2.25. The molecule has 168 valence electrons. The van der Waals surface area contributed by atoms with Crippen molar-refractivity contribution < 1.29 is 13.2 Å². The van der Waals surface area contributed by atoms with E-state index in [-0.39, 0.29) is 21.9 Å². The second-order valence-corrected chi connectivity index (χ2v) is 10.4. The molecule has 2 N–H and O–H groups in total. The van der Waals surface area contributed by atoms with Gasteiger partial charge in [-0.1, -0.05) is 18.9 Å². The third-order valence-corrected chi connectivity index (χ3v) is 8.08. The Hall–Kier alpha value is -3.13. The average Bonchev–Trinajstić information content (AvgIpc) is 3.28. The van der Waals surface area contributed by atoms with Crippen LogP contribution in [0.1, 0.15) is 47.2 Å². The van der Waals surface area contributed by atoms with E-state index in [1.54, 1.807) is 12.1 Å². The summed E-state index contributed by atoms with van der Waals surface area (Å²) < 4.78 is 27.7. The molecule has 1 saturated carbocycles. The zero-order valence-corrected chi connectivity index (χ0v) is 19.3. The summed E-state index contributed by atoms with van der Waals surface area (Å²) in [6, 6.07) is 9.87. The highest BCUT2D eigenvalue weighted by molar-refractivity contribution is 7.92. The van der Waals surface area contributed by atoms with Crippen LogP contribution in [0, 0.1) is 13.8 Å². The van der Waals surface area contributed by atoms with Crippen LogP contribution in [0.5, 0.6) is 0 Å². The number of benzene rings is 2. The van der Waals surface area contributed by atoms with Crippen LogP contribution >= 0.6 is 0 Å². The lowest BCUT2D eigenvalue weighted by molar-refractivity contribution is 0.0936. The molecule has 1 fully saturated rings. The molecule has 0 unspecified atom stereocenters. The van der Waals surface area contributed by atoms with Crippen LogP contribution in [-0.2, 0) is 10.0 Å². The number of nitrogens with one attached hydrogen (secondary N) is 2. The lowest BCUT2D eigenvalue weighted by Crippen LogP contribution is -2.35. The number of aromatic nitrogens is 1. The number of carbonyl (C=O) groups is 1. The summed E-state index contributed by atoms with van der Waals surface area (Å²) >= 11 is 0. The minimum Gasteiger partial charge on any atom is -0.360 e. The summed E-state index contributed by atoms with van der Waals surface area (Å²) in [4.78, 5) is 28.6. The van der Waals surface area contributed by atoms with Crippen molar-refractivity contribution in [3.8, 4) is 0 Å². The summed E-state index contributed by atoms with van der Waals surface area (Å²) in [5, 5.41) is 3.08. The number of hydrogen-bond acceptors (Lipinski definition) is 4. The van der Waals surface area contributed by atoms with Gasteiger partial charge in [-0.3, -0.25) is 13.9 Å². The Balaban J connectivity index is 1.71. The molecular weight excluding hydrogens is 426 g/mol. The molecule has 0 atom stereocenters. The second-order valence-electron chi connectivity index (χ2n) is 8.43. The van der Waals surface area contributed by atoms with Gasteiger partial charge in [0.2, 0.25) is 5.43 Å². The van der Waals surface area contributed by atoms with Gasteiger partial charge in [-0.15, -0.1) is 0 Å². The number of sulfonamides is 1. The topological polar surface area (TPSA) is 99.3 Å². The van der Waals surface area contributed by atoms with E-state index in [9.17, 15) is 18.0 Å². The number of pyridine rings is 1. The molecule has 0 saturated heterocycles. The third kappa shape index (κ3) is 4.02. The second kappa shape index (κ2) is 8.43. The first kappa shape index (κ1) is 22.1.